The first-order chi connectivity index (χ1) is 9.31. The number of aromatic nitrogens is 1. The summed E-state index contributed by atoms with van der Waals surface area (Å²) in [6.07, 6.45) is 3.81. The topological polar surface area (TPSA) is 67.3 Å². The van der Waals surface area contributed by atoms with Crippen LogP contribution in [0.15, 0.2) is 22.6 Å². The number of rotatable bonds is 5. The third kappa shape index (κ3) is 2.98. The molecule has 0 aliphatic carbocycles. The van der Waals surface area contributed by atoms with Crippen LogP contribution >= 0.6 is 0 Å². The van der Waals surface area contributed by atoms with Gasteiger partial charge in [-0.25, -0.2) is 0 Å². The third-order valence-corrected chi connectivity index (χ3v) is 3.54. The van der Waals surface area contributed by atoms with Crippen LogP contribution < -0.4 is 11.1 Å². The van der Waals surface area contributed by atoms with Gasteiger partial charge in [-0.15, -0.1) is 0 Å². The maximum Gasteiger partial charge on any atom is 0.295 e. The SMILES string of the molecule is Nc1ccc2oc(NCCCN3CCCC3)nc2c1. The van der Waals surface area contributed by atoms with E-state index in [0.717, 1.165) is 30.6 Å². The maximum atomic E-state index is 5.72. The number of benzene rings is 1. The summed E-state index contributed by atoms with van der Waals surface area (Å²) in [5, 5.41) is 3.23. The lowest BCUT2D eigenvalue weighted by atomic mass is 10.3. The summed E-state index contributed by atoms with van der Waals surface area (Å²) < 4.78 is 5.60. The molecule has 19 heavy (non-hydrogen) atoms. The molecule has 5 nitrogen and oxygen atoms in total. The predicted molar refractivity (Wildman–Crippen MR) is 77.2 cm³/mol. The van der Waals surface area contributed by atoms with E-state index in [-0.39, 0.29) is 0 Å². The predicted octanol–water partition coefficient (Wildman–Crippen LogP) is 2.31. The minimum Gasteiger partial charge on any atom is -0.424 e. The minimum absolute atomic E-state index is 0.585. The zero-order valence-electron chi connectivity index (χ0n) is 11.1. The summed E-state index contributed by atoms with van der Waals surface area (Å²) >= 11 is 0. The molecule has 1 aliphatic rings. The highest BCUT2D eigenvalue weighted by Gasteiger charge is 2.10. The Morgan fingerprint density at radius 1 is 1.32 bits per heavy atom. The van der Waals surface area contributed by atoms with Gasteiger partial charge >= 0.3 is 0 Å². The van der Waals surface area contributed by atoms with Crippen LogP contribution in [0.2, 0.25) is 0 Å². The summed E-state index contributed by atoms with van der Waals surface area (Å²) in [4.78, 5) is 6.88. The number of likely N-dealkylation sites (tertiary alicyclic amines) is 1. The fraction of sp³-hybridized carbons (Fsp3) is 0.500. The zero-order valence-corrected chi connectivity index (χ0v) is 11.1. The second kappa shape index (κ2) is 5.48. The largest absolute Gasteiger partial charge is 0.424 e. The van der Waals surface area contributed by atoms with Crippen LogP contribution in [0.5, 0.6) is 0 Å². The van der Waals surface area contributed by atoms with Crippen molar-refractivity contribution in [2.75, 3.05) is 37.2 Å². The van der Waals surface area contributed by atoms with Crippen LogP contribution in [-0.2, 0) is 0 Å². The quantitative estimate of drug-likeness (QED) is 0.638. The summed E-state index contributed by atoms with van der Waals surface area (Å²) in [5.41, 5.74) is 8.01. The van der Waals surface area contributed by atoms with E-state index in [1.165, 1.54) is 25.9 Å². The second-order valence-corrected chi connectivity index (χ2v) is 5.08. The first kappa shape index (κ1) is 12.3. The van der Waals surface area contributed by atoms with Gasteiger partial charge in [-0.3, -0.25) is 0 Å². The monoisotopic (exact) mass is 260 g/mol. The van der Waals surface area contributed by atoms with Crippen LogP contribution in [0.3, 0.4) is 0 Å². The van der Waals surface area contributed by atoms with Gasteiger partial charge < -0.3 is 20.4 Å². The van der Waals surface area contributed by atoms with Crippen molar-refractivity contribution in [1.29, 1.82) is 0 Å². The highest BCUT2D eigenvalue weighted by atomic mass is 16.4. The Labute approximate surface area is 112 Å². The van der Waals surface area contributed by atoms with E-state index in [4.69, 9.17) is 10.2 Å². The van der Waals surface area contributed by atoms with Gasteiger partial charge in [0.05, 0.1) is 0 Å². The van der Waals surface area contributed by atoms with Gasteiger partial charge in [-0.05, 0) is 57.1 Å². The first-order valence-corrected chi connectivity index (χ1v) is 6.93. The lowest BCUT2D eigenvalue weighted by molar-refractivity contribution is 0.337. The van der Waals surface area contributed by atoms with Crippen molar-refractivity contribution >= 4 is 22.8 Å². The van der Waals surface area contributed by atoms with Gasteiger partial charge in [0, 0.05) is 12.2 Å². The molecule has 3 rings (SSSR count). The fourth-order valence-corrected chi connectivity index (χ4v) is 2.52. The van der Waals surface area contributed by atoms with Crippen LogP contribution in [0, 0.1) is 0 Å². The van der Waals surface area contributed by atoms with E-state index >= 15 is 0 Å². The molecule has 1 saturated heterocycles. The van der Waals surface area contributed by atoms with E-state index in [9.17, 15) is 0 Å². The molecule has 0 unspecified atom stereocenters. The number of nitrogens with zero attached hydrogens (tertiary/aromatic N) is 2. The van der Waals surface area contributed by atoms with E-state index in [1.54, 1.807) is 0 Å². The number of hydrogen-bond donors (Lipinski definition) is 2. The molecule has 0 amide bonds. The molecule has 2 aromatic rings. The summed E-state index contributed by atoms with van der Waals surface area (Å²) in [5.74, 6) is 0. The fourth-order valence-electron chi connectivity index (χ4n) is 2.52. The average Bonchev–Trinajstić information content (AvgIpc) is 3.02. The van der Waals surface area contributed by atoms with Crippen molar-refractivity contribution in [3.63, 3.8) is 0 Å². The van der Waals surface area contributed by atoms with Gasteiger partial charge in [0.1, 0.15) is 5.52 Å². The Bertz CT molecular complexity index is 545. The Morgan fingerprint density at radius 3 is 3.00 bits per heavy atom. The first-order valence-electron chi connectivity index (χ1n) is 6.93. The standard InChI is InChI=1S/C14H20N4O/c15-11-4-5-13-12(10-11)17-14(19-13)16-6-3-9-18-7-1-2-8-18/h4-5,10H,1-3,6-9,15H2,(H,16,17). The number of oxazole rings is 1. The molecule has 2 heterocycles. The zero-order chi connectivity index (χ0) is 13.1. The lowest BCUT2D eigenvalue weighted by Crippen LogP contribution is -2.22. The third-order valence-electron chi connectivity index (χ3n) is 3.54. The van der Waals surface area contributed by atoms with E-state index in [0.29, 0.717) is 11.7 Å². The molecular weight excluding hydrogens is 240 g/mol. The number of nitrogens with two attached hydrogens (primary N) is 1. The Morgan fingerprint density at radius 2 is 2.16 bits per heavy atom. The minimum atomic E-state index is 0.585. The number of nitrogens with one attached hydrogen (secondary N) is 1. The van der Waals surface area contributed by atoms with Crippen molar-refractivity contribution in [1.82, 2.24) is 9.88 Å². The van der Waals surface area contributed by atoms with Crippen molar-refractivity contribution in [2.24, 2.45) is 0 Å². The number of hydrogen-bond acceptors (Lipinski definition) is 5. The molecule has 0 radical (unpaired) electrons. The summed E-state index contributed by atoms with van der Waals surface area (Å²) in [7, 11) is 0. The number of fused-ring (bicyclic) bond motifs is 1. The molecule has 1 aromatic heterocycles. The smallest absolute Gasteiger partial charge is 0.295 e. The van der Waals surface area contributed by atoms with E-state index in [1.807, 2.05) is 18.2 Å². The van der Waals surface area contributed by atoms with Gasteiger partial charge in [0.2, 0.25) is 0 Å². The molecule has 0 saturated carbocycles. The van der Waals surface area contributed by atoms with Crippen LogP contribution in [0.25, 0.3) is 11.1 Å². The average molecular weight is 260 g/mol. The molecule has 1 aromatic carbocycles. The number of nitrogen functional groups attached to an aromatic ring is 1. The maximum absolute atomic E-state index is 5.72. The van der Waals surface area contributed by atoms with Gasteiger partial charge in [-0.1, -0.05) is 0 Å². The Balaban J connectivity index is 1.50. The lowest BCUT2D eigenvalue weighted by Gasteiger charge is -2.13. The van der Waals surface area contributed by atoms with Crippen molar-refractivity contribution in [3.8, 4) is 0 Å². The molecule has 102 valence electrons. The number of anilines is 2. The molecule has 3 N–H and O–H groups in total. The van der Waals surface area contributed by atoms with Gasteiger partial charge in [0.25, 0.3) is 6.01 Å². The van der Waals surface area contributed by atoms with Crippen LogP contribution in [0.1, 0.15) is 19.3 Å². The molecule has 0 atom stereocenters. The van der Waals surface area contributed by atoms with E-state index < -0.39 is 0 Å². The summed E-state index contributed by atoms with van der Waals surface area (Å²) in [6, 6.07) is 6.09. The second-order valence-electron chi connectivity index (χ2n) is 5.08. The van der Waals surface area contributed by atoms with Gasteiger partial charge in [-0.2, -0.15) is 4.98 Å². The summed E-state index contributed by atoms with van der Waals surface area (Å²) in [6.45, 7) is 4.54. The molecule has 5 heteroatoms. The van der Waals surface area contributed by atoms with Crippen LogP contribution in [0.4, 0.5) is 11.7 Å². The van der Waals surface area contributed by atoms with Gasteiger partial charge in [0.15, 0.2) is 5.58 Å². The molecule has 1 aliphatic heterocycles. The normalized spacial score (nSPS) is 16.2. The Kier molecular flexibility index (Phi) is 3.55. The van der Waals surface area contributed by atoms with Crippen molar-refractivity contribution in [2.45, 2.75) is 19.3 Å². The van der Waals surface area contributed by atoms with Crippen LogP contribution in [-0.4, -0.2) is 36.1 Å². The Hall–Kier alpha value is -1.75. The van der Waals surface area contributed by atoms with E-state index in [2.05, 4.69) is 15.2 Å². The van der Waals surface area contributed by atoms with Crippen molar-refractivity contribution in [3.05, 3.63) is 18.2 Å². The highest BCUT2D eigenvalue weighted by molar-refractivity contribution is 5.78. The molecule has 1 fully saturated rings. The molecular formula is C14H20N4O. The highest BCUT2D eigenvalue weighted by Crippen LogP contribution is 2.20. The molecule has 0 spiro atoms. The molecule has 0 bridgehead atoms. The van der Waals surface area contributed by atoms with Crippen molar-refractivity contribution < 1.29 is 4.42 Å².